The lowest BCUT2D eigenvalue weighted by Gasteiger charge is -2.16. The minimum absolute atomic E-state index is 0.125. The van der Waals surface area contributed by atoms with E-state index in [-0.39, 0.29) is 12.2 Å². The fourth-order valence-electron chi connectivity index (χ4n) is 4.04. The number of nitrogens with zero attached hydrogens (tertiary/aromatic N) is 3. The molecule has 1 aromatic heterocycles. The first-order chi connectivity index (χ1) is 17.5. The largest absolute Gasteiger partial charge is 0.507 e. The molecule has 3 N–H and O–H groups in total. The molecule has 1 unspecified atom stereocenters. The van der Waals surface area contributed by atoms with Gasteiger partial charge in [0.1, 0.15) is 36.2 Å². The number of aldehydes is 1. The van der Waals surface area contributed by atoms with Crippen molar-refractivity contribution >= 4 is 6.29 Å². The van der Waals surface area contributed by atoms with Crippen LogP contribution in [0.4, 0.5) is 0 Å². The highest BCUT2D eigenvalue weighted by molar-refractivity contribution is 5.65. The number of aromatic hydroxyl groups is 1. The van der Waals surface area contributed by atoms with Crippen LogP contribution in [0.15, 0.2) is 54.6 Å². The van der Waals surface area contributed by atoms with Crippen molar-refractivity contribution in [2.24, 2.45) is 0 Å². The molecule has 0 saturated carbocycles. The summed E-state index contributed by atoms with van der Waals surface area (Å²) in [7, 11) is 1.56. The smallest absolute Gasteiger partial charge is 0.208 e. The summed E-state index contributed by atoms with van der Waals surface area (Å²) in [4.78, 5) is 10.9. The Labute approximate surface area is 208 Å². The highest BCUT2D eigenvalue weighted by Gasteiger charge is 2.17. The zero-order valence-electron chi connectivity index (χ0n) is 20.1. The molecule has 186 valence electrons. The third-order valence-electron chi connectivity index (χ3n) is 5.94. The van der Waals surface area contributed by atoms with E-state index >= 15 is 0 Å². The maximum atomic E-state index is 11.0. The first-order valence-electron chi connectivity index (χ1n) is 11.6. The van der Waals surface area contributed by atoms with Gasteiger partial charge in [0, 0.05) is 17.5 Å². The van der Waals surface area contributed by atoms with Gasteiger partial charge in [-0.15, -0.1) is 10.2 Å². The number of aliphatic hydroxyl groups excluding tert-OH is 1. The normalized spacial score (nSPS) is 11.8. The van der Waals surface area contributed by atoms with Gasteiger partial charge in [0.15, 0.2) is 0 Å². The Hall–Kier alpha value is -4.24. The number of H-pyrrole nitrogens is 1. The second-order valence-electron chi connectivity index (χ2n) is 8.30. The van der Waals surface area contributed by atoms with E-state index in [1.807, 2.05) is 31.2 Å². The first kappa shape index (κ1) is 24.9. The number of phenols is 1. The molecule has 0 saturated heterocycles. The molecule has 0 radical (unpaired) electrons. The summed E-state index contributed by atoms with van der Waals surface area (Å²) in [6, 6.07) is 16.3. The first-order valence-corrected chi connectivity index (χ1v) is 11.6. The summed E-state index contributed by atoms with van der Waals surface area (Å²) < 4.78 is 11.4. The Balaban J connectivity index is 1.49. The molecule has 36 heavy (non-hydrogen) atoms. The van der Waals surface area contributed by atoms with Crippen LogP contribution in [0.2, 0.25) is 0 Å². The summed E-state index contributed by atoms with van der Waals surface area (Å²) in [5, 5.41) is 35.6. The minimum atomic E-state index is -0.866. The van der Waals surface area contributed by atoms with Crippen molar-refractivity contribution in [1.29, 1.82) is 0 Å². The lowest BCUT2D eigenvalue weighted by molar-refractivity contribution is -0.107. The van der Waals surface area contributed by atoms with Gasteiger partial charge in [-0.3, -0.25) is 0 Å². The van der Waals surface area contributed by atoms with Crippen molar-refractivity contribution in [1.82, 2.24) is 20.6 Å². The Morgan fingerprint density at radius 3 is 2.47 bits per heavy atom. The Kier molecular flexibility index (Phi) is 7.92. The van der Waals surface area contributed by atoms with Crippen molar-refractivity contribution in [3.63, 3.8) is 0 Å². The molecule has 0 bridgehead atoms. The number of tetrazole rings is 1. The van der Waals surface area contributed by atoms with E-state index in [9.17, 15) is 15.0 Å². The standard InChI is InChI=1S/C27H28N4O5/c1-3-4-21-24(12-9-19(13-14-32)26(21)34)36-16-17-5-7-18(8-6-17)25(33)20-10-11-23(35-2)22(15-20)27-28-30-31-29-27/h5-12,14-15,25,33-34H,3-4,13,16H2,1-2H3,(H,28,29,30,31). The van der Waals surface area contributed by atoms with Crippen LogP contribution in [0.1, 0.15) is 47.3 Å². The van der Waals surface area contributed by atoms with Gasteiger partial charge in [0.05, 0.1) is 12.7 Å². The number of aromatic amines is 1. The van der Waals surface area contributed by atoms with Crippen LogP contribution in [-0.2, 0) is 24.2 Å². The predicted molar refractivity (Wildman–Crippen MR) is 133 cm³/mol. The van der Waals surface area contributed by atoms with Gasteiger partial charge in [-0.25, -0.2) is 0 Å². The summed E-state index contributed by atoms with van der Waals surface area (Å²) in [6.45, 7) is 2.32. The van der Waals surface area contributed by atoms with Crippen LogP contribution in [0, 0.1) is 0 Å². The third kappa shape index (κ3) is 5.36. The van der Waals surface area contributed by atoms with E-state index in [4.69, 9.17) is 9.47 Å². The van der Waals surface area contributed by atoms with Gasteiger partial charge in [-0.1, -0.05) is 49.7 Å². The second-order valence-corrected chi connectivity index (χ2v) is 8.30. The number of phenolic OH excluding ortho intramolecular Hbond substituents is 1. The van der Waals surface area contributed by atoms with E-state index < -0.39 is 6.10 Å². The summed E-state index contributed by atoms with van der Waals surface area (Å²) in [5.74, 6) is 1.67. The Morgan fingerprint density at radius 1 is 1.06 bits per heavy atom. The van der Waals surface area contributed by atoms with Crippen molar-refractivity contribution < 1.29 is 24.5 Å². The number of benzene rings is 3. The molecule has 0 aliphatic carbocycles. The molecule has 1 atom stereocenters. The number of carbonyl (C=O) groups excluding carboxylic acids is 1. The average Bonchev–Trinajstić information content (AvgIpc) is 3.45. The maximum Gasteiger partial charge on any atom is 0.208 e. The van der Waals surface area contributed by atoms with E-state index in [0.29, 0.717) is 58.2 Å². The molecule has 0 fully saturated rings. The SMILES string of the molecule is CCCc1c(OCc2ccc(C(O)c3ccc(OC)c(-c4nn[nH]n4)c3)cc2)ccc(CC=O)c1O. The topological polar surface area (TPSA) is 130 Å². The van der Waals surface area contributed by atoms with Crippen molar-refractivity contribution in [2.45, 2.75) is 38.9 Å². The van der Waals surface area contributed by atoms with Crippen LogP contribution in [0.25, 0.3) is 11.4 Å². The number of rotatable bonds is 11. The van der Waals surface area contributed by atoms with E-state index in [1.165, 1.54) is 0 Å². The highest BCUT2D eigenvalue weighted by atomic mass is 16.5. The Bertz CT molecular complexity index is 1310. The highest BCUT2D eigenvalue weighted by Crippen LogP contribution is 2.34. The molecule has 0 amide bonds. The number of hydrogen-bond donors (Lipinski definition) is 3. The monoisotopic (exact) mass is 488 g/mol. The number of aliphatic hydroxyl groups is 1. The van der Waals surface area contributed by atoms with Crippen LogP contribution < -0.4 is 9.47 Å². The zero-order valence-corrected chi connectivity index (χ0v) is 20.1. The minimum Gasteiger partial charge on any atom is -0.507 e. The maximum absolute atomic E-state index is 11.0. The molecule has 0 aliphatic heterocycles. The van der Waals surface area contributed by atoms with Gasteiger partial charge in [-0.05, 0) is 46.5 Å². The second kappa shape index (κ2) is 11.5. The Morgan fingerprint density at radius 2 is 1.81 bits per heavy atom. The lowest BCUT2D eigenvalue weighted by Crippen LogP contribution is -2.03. The van der Waals surface area contributed by atoms with E-state index in [1.54, 1.807) is 37.4 Å². The van der Waals surface area contributed by atoms with Gasteiger partial charge >= 0.3 is 0 Å². The van der Waals surface area contributed by atoms with Crippen molar-refractivity contribution in [2.75, 3.05) is 7.11 Å². The van der Waals surface area contributed by atoms with Crippen LogP contribution in [-0.4, -0.2) is 44.2 Å². The molecule has 9 nitrogen and oxygen atoms in total. The van der Waals surface area contributed by atoms with E-state index in [0.717, 1.165) is 18.3 Å². The molecule has 3 aromatic carbocycles. The molecular weight excluding hydrogens is 460 g/mol. The predicted octanol–water partition coefficient (Wildman–Crippen LogP) is 3.94. The molecule has 4 aromatic rings. The molecular formula is C27H28N4O5. The van der Waals surface area contributed by atoms with E-state index in [2.05, 4.69) is 20.6 Å². The molecule has 9 heteroatoms. The van der Waals surface area contributed by atoms with Gasteiger partial charge in [0.2, 0.25) is 5.82 Å². The molecule has 4 rings (SSSR count). The number of nitrogens with one attached hydrogen (secondary N) is 1. The summed E-state index contributed by atoms with van der Waals surface area (Å²) in [6.07, 6.45) is 1.56. The van der Waals surface area contributed by atoms with Gasteiger partial charge in [0.25, 0.3) is 0 Å². The molecule has 0 aliphatic rings. The number of hydrogen-bond acceptors (Lipinski definition) is 8. The number of methoxy groups -OCH3 is 1. The third-order valence-corrected chi connectivity index (χ3v) is 5.94. The number of carbonyl (C=O) groups is 1. The van der Waals surface area contributed by atoms with Gasteiger partial charge < -0.3 is 24.5 Å². The quantitative estimate of drug-likeness (QED) is 0.271. The molecule has 0 spiro atoms. The van der Waals surface area contributed by atoms with Crippen molar-refractivity contribution in [3.8, 4) is 28.6 Å². The lowest BCUT2D eigenvalue weighted by atomic mass is 9.98. The summed E-state index contributed by atoms with van der Waals surface area (Å²) >= 11 is 0. The fraction of sp³-hybridized carbons (Fsp3) is 0.259. The number of aromatic nitrogens is 4. The zero-order chi connectivity index (χ0) is 25.5. The fourth-order valence-corrected chi connectivity index (χ4v) is 4.04. The van der Waals surface area contributed by atoms with Crippen LogP contribution >= 0.6 is 0 Å². The van der Waals surface area contributed by atoms with Crippen LogP contribution in [0.3, 0.4) is 0 Å². The van der Waals surface area contributed by atoms with Gasteiger partial charge in [-0.2, -0.15) is 5.21 Å². The van der Waals surface area contributed by atoms with Crippen molar-refractivity contribution in [3.05, 3.63) is 82.4 Å². The van der Waals surface area contributed by atoms with Crippen LogP contribution in [0.5, 0.6) is 17.2 Å². The average molecular weight is 489 g/mol. The summed E-state index contributed by atoms with van der Waals surface area (Å²) in [5.41, 5.74) is 4.21. The number of ether oxygens (including phenoxy) is 2. The molecule has 1 heterocycles.